The predicted octanol–water partition coefficient (Wildman–Crippen LogP) is 3.22. The van der Waals surface area contributed by atoms with E-state index in [9.17, 15) is 24.0 Å². The number of piperidine rings is 1. The molecule has 2 unspecified atom stereocenters. The van der Waals surface area contributed by atoms with E-state index in [1.54, 1.807) is 4.90 Å². The maximum Gasteiger partial charge on any atom is 0.407 e. The van der Waals surface area contributed by atoms with E-state index in [4.69, 9.17) is 4.74 Å². The van der Waals surface area contributed by atoms with Crippen molar-refractivity contribution in [2.75, 3.05) is 6.54 Å². The Morgan fingerprint density at radius 2 is 1.87 bits per heavy atom. The van der Waals surface area contributed by atoms with E-state index in [0.717, 1.165) is 55.2 Å². The van der Waals surface area contributed by atoms with Crippen LogP contribution >= 0.6 is 0 Å². The van der Waals surface area contributed by atoms with Crippen LogP contribution in [-0.4, -0.2) is 52.8 Å². The van der Waals surface area contributed by atoms with Gasteiger partial charge in [0.2, 0.25) is 11.8 Å². The largest absolute Gasteiger partial charge is 0.444 e. The summed E-state index contributed by atoms with van der Waals surface area (Å²) in [5.41, 5.74) is 3.57. The first-order chi connectivity index (χ1) is 18.6. The van der Waals surface area contributed by atoms with Crippen LogP contribution in [0.1, 0.15) is 105 Å². The second kappa shape index (κ2) is 12.0. The monoisotopic (exact) mass is 538 g/mol. The highest BCUT2D eigenvalue weighted by Gasteiger charge is 2.46. The van der Waals surface area contributed by atoms with Crippen molar-refractivity contribution in [3.05, 3.63) is 40.1 Å². The number of nitrogens with one attached hydrogen (secondary N) is 3. The lowest BCUT2D eigenvalue weighted by Crippen LogP contribution is -2.53. The van der Waals surface area contributed by atoms with Crippen molar-refractivity contribution in [1.82, 2.24) is 20.9 Å². The molecule has 0 aromatic heterocycles. The van der Waals surface area contributed by atoms with E-state index in [1.165, 1.54) is 0 Å². The molecular weight excluding hydrogens is 500 g/mol. The summed E-state index contributed by atoms with van der Waals surface area (Å²) in [4.78, 5) is 62.6. The smallest absolute Gasteiger partial charge is 0.407 e. The Morgan fingerprint density at radius 3 is 2.59 bits per heavy atom. The van der Waals surface area contributed by atoms with Gasteiger partial charge in [-0.05, 0) is 88.5 Å². The molecule has 0 saturated carbocycles. The van der Waals surface area contributed by atoms with E-state index < -0.39 is 23.6 Å². The fraction of sp³-hybridized carbons (Fsp3) is 0.586. The fourth-order valence-electron chi connectivity index (χ4n) is 5.65. The zero-order valence-corrected chi connectivity index (χ0v) is 23.0. The lowest BCUT2D eigenvalue weighted by Gasteiger charge is -2.36. The Hall–Kier alpha value is -3.65. The molecule has 2 atom stereocenters. The normalized spacial score (nSPS) is 20.2. The Kier molecular flexibility index (Phi) is 8.75. The molecule has 0 spiro atoms. The van der Waals surface area contributed by atoms with Gasteiger partial charge in [-0.1, -0.05) is 12.5 Å². The lowest BCUT2D eigenvalue weighted by molar-refractivity contribution is -0.137. The molecule has 1 fully saturated rings. The molecule has 39 heavy (non-hydrogen) atoms. The molecule has 4 amide bonds. The SMILES string of the molecule is CC(C)(C)OC(=O)NCCCCCC(=C=O)NCc1cc2c3c(c1)C(=O)N(C1CCC(=O)NC1=O)C3CCC2. The van der Waals surface area contributed by atoms with Crippen molar-refractivity contribution in [3.63, 3.8) is 0 Å². The number of hydrogen-bond donors (Lipinski definition) is 3. The quantitative estimate of drug-likeness (QED) is 0.237. The average molecular weight is 539 g/mol. The summed E-state index contributed by atoms with van der Waals surface area (Å²) in [6.45, 7) is 6.34. The number of ether oxygens (including phenoxy) is 1. The van der Waals surface area contributed by atoms with Gasteiger partial charge < -0.3 is 20.3 Å². The summed E-state index contributed by atoms with van der Waals surface area (Å²) < 4.78 is 5.21. The number of amides is 4. The number of benzene rings is 1. The number of hydrogen-bond acceptors (Lipinski definition) is 7. The molecule has 2 aliphatic heterocycles. The Morgan fingerprint density at radius 1 is 1.08 bits per heavy atom. The summed E-state index contributed by atoms with van der Waals surface area (Å²) in [6, 6.07) is 3.18. The fourth-order valence-corrected chi connectivity index (χ4v) is 5.65. The minimum Gasteiger partial charge on any atom is -0.444 e. The molecule has 3 aliphatic rings. The van der Waals surface area contributed by atoms with Gasteiger partial charge in [-0.2, -0.15) is 0 Å². The van der Waals surface area contributed by atoms with Gasteiger partial charge in [-0.15, -0.1) is 0 Å². The maximum absolute atomic E-state index is 13.5. The molecule has 3 N–H and O–H groups in total. The van der Waals surface area contributed by atoms with Gasteiger partial charge in [0.25, 0.3) is 5.91 Å². The number of alkyl carbamates (subject to hydrolysis) is 1. The van der Waals surface area contributed by atoms with Crippen LogP contribution in [0.25, 0.3) is 0 Å². The molecule has 210 valence electrons. The number of nitrogens with zero attached hydrogens (tertiary/aromatic N) is 1. The van der Waals surface area contributed by atoms with Crippen LogP contribution in [0.4, 0.5) is 4.79 Å². The zero-order chi connectivity index (χ0) is 28.2. The molecule has 1 aliphatic carbocycles. The third-order valence-corrected chi connectivity index (χ3v) is 7.33. The van der Waals surface area contributed by atoms with Crippen molar-refractivity contribution in [2.45, 2.75) is 103 Å². The minimum absolute atomic E-state index is 0.141. The summed E-state index contributed by atoms with van der Waals surface area (Å²) in [5, 5.41) is 8.28. The molecule has 4 rings (SSSR count). The summed E-state index contributed by atoms with van der Waals surface area (Å²) >= 11 is 0. The third-order valence-electron chi connectivity index (χ3n) is 7.33. The number of unbranched alkanes of at least 4 members (excludes halogenated alkanes) is 2. The van der Waals surface area contributed by atoms with Gasteiger partial charge in [0.05, 0.1) is 11.7 Å². The van der Waals surface area contributed by atoms with Crippen molar-refractivity contribution >= 4 is 29.8 Å². The molecular formula is C29H38N4O6. The van der Waals surface area contributed by atoms with Crippen LogP contribution in [0.3, 0.4) is 0 Å². The Balaban J connectivity index is 1.30. The second-order valence-corrected chi connectivity index (χ2v) is 11.5. The van der Waals surface area contributed by atoms with Crippen molar-refractivity contribution < 1.29 is 28.7 Å². The van der Waals surface area contributed by atoms with Crippen LogP contribution < -0.4 is 16.0 Å². The van der Waals surface area contributed by atoms with Gasteiger partial charge in [0.15, 0.2) is 0 Å². The first kappa shape index (κ1) is 28.4. The second-order valence-electron chi connectivity index (χ2n) is 11.5. The topological polar surface area (TPSA) is 134 Å². The standard InChI is InChI=1S/C29H38N4O6/c1-29(2,3)39-28(38)30-13-6-4-5-9-20(17-34)31-16-18-14-19-8-7-10-22-25(19)21(15-18)27(37)33(22)23-11-12-24(35)32-26(23)36/h14-15,22-23,31H,4-13,16H2,1-3H3,(H,30,38)(H,32,35,36). The number of rotatable bonds is 10. The molecule has 0 radical (unpaired) electrons. The summed E-state index contributed by atoms with van der Waals surface area (Å²) in [5.74, 6) is 1.13. The van der Waals surface area contributed by atoms with Crippen LogP contribution in [0, 0.1) is 0 Å². The number of imide groups is 1. The number of carbonyl (C=O) groups is 4. The van der Waals surface area contributed by atoms with Crippen LogP contribution in [0.2, 0.25) is 0 Å². The third kappa shape index (κ3) is 6.87. The van der Waals surface area contributed by atoms with Crippen molar-refractivity contribution in [3.8, 4) is 0 Å². The maximum atomic E-state index is 13.5. The van der Waals surface area contributed by atoms with E-state index in [2.05, 4.69) is 22.0 Å². The average Bonchev–Trinajstić information content (AvgIpc) is 3.14. The summed E-state index contributed by atoms with van der Waals surface area (Å²) in [7, 11) is 0. The molecule has 2 heterocycles. The highest BCUT2D eigenvalue weighted by atomic mass is 16.6. The van der Waals surface area contributed by atoms with Crippen LogP contribution in [-0.2, 0) is 32.1 Å². The van der Waals surface area contributed by atoms with Crippen LogP contribution in [0.5, 0.6) is 0 Å². The van der Waals surface area contributed by atoms with Gasteiger partial charge in [0, 0.05) is 25.1 Å². The van der Waals surface area contributed by atoms with Crippen LogP contribution in [0.15, 0.2) is 17.8 Å². The molecule has 10 heteroatoms. The van der Waals surface area contributed by atoms with Gasteiger partial charge in [-0.25, -0.2) is 9.59 Å². The predicted molar refractivity (Wildman–Crippen MR) is 143 cm³/mol. The van der Waals surface area contributed by atoms with Gasteiger partial charge in [0.1, 0.15) is 17.6 Å². The van der Waals surface area contributed by atoms with E-state index in [1.807, 2.05) is 32.8 Å². The number of carbonyl (C=O) groups excluding carboxylic acids is 5. The number of aryl methyl sites for hydroxylation is 1. The number of allylic oxidation sites excluding steroid dienone is 1. The molecule has 1 aromatic rings. The van der Waals surface area contributed by atoms with E-state index in [0.29, 0.717) is 37.2 Å². The first-order valence-electron chi connectivity index (χ1n) is 13.8. The van der Waals surface area contributed by atoms with Gasteiger partial charge in [-0.3, -0.25) is 19.7 Å². The highest BCUT2D eigenvalue weighted by molar-refractivity contribution is 6.06. The van der Waals surface area contributed by atoms with Crippen molar-refractivity contribution in [1.29, 1.82) is 0 Å². The molecule has 1 aromatic carbocycles. The Bertz CT molecular complexity index is 1200. The first-order valence-corrected chi connectivity index (χ1v) is 13.8. The van der Waals surface area contributed by atoms with Crippen molar-refractivity contribution in [2.24, 2.45) is 0 Å². The Labute approximate surface area is 228 Å². The summed E-state index contributed by atoms with van der Waals surface area (Å²) in [6.07, 6.45) is 5.61. The zero-order valence-electron chi connectivity index (χ0n) is 23.0. The molecule has 0 bridgehead atoms. The van der Waals surface area contributed by atoms with E-state index in [-0.39, 0.29) is 24.3 Å². The van der Waals surface area contributed by atoms with Gasteiger partial charge >= 0.3 is 6.09 Å². The highest BCUT2D eigenvalue weighted by Crippen LogP contribution is 2.45. The minimum atomic E-state index is -0.635. The lowest BCUT2D eigenvalue weighted by atomic mass is 9.85. The van der Waals surface area contributed by atoms with E-state index >= 15 is 0 Å². The molecule has 1 saturated heterocycles. The molecule has 10 nitrogen and oxygen atoms in total.